The Bertz CT molecular complexity index is 951. The molecule has 146 valence electrons. The van der Waals surface area contributed by atoms with E-state index < -0.39 is 0 Å². The summed E-state index contributed by atoms with van der Waals surface area (Å²) in [7, 11) is 0. The lowest BCUT2D eigenvalue weighted by molar-refractivity contribution is -0.913. The molecule has 0 bridgehead atoms. The van der Waals surface area contributed by atoms with E-state index in [0.717, 1.165) is 5.00 Å². The van der Waals surface area contributed by atoms with Crippen LogP contribution in [0.3, 0.4) is 0 Å². The molecule has 1 aliphatic heterocycles. The van der Waals surface area contributed by atoms with Crippen LogP contribution in [0.1, 0.15) is 56.6 Å². The van der Waals surface area contributed by atoms with E-state index in [2.05, 4.69) is 50.4 Å². The highest BCUT2D eigenvalue weighted by Crippen LogP contribution is 2.38. The zero-order chi connectivity index (χ0) is 19.7. The third-order valence-electron chi connectivity index (χ3n) is 5.76. The van der Waals surface area contributed by atoms with E-state index >= 15 is 0 Å². The molecule has 0 radical (unpaired) electrons. The number of carbonyl (C=O) groups is 1. The molecule has 5 heteroatoms. The van der Waals surface area contributed by atoms with Crippen LogP contribution in [-0.4, -0.2) is 19.0 Å². The summed E-state index contributed by atoms with van der Waals surface area (Å²) < 4.78 is 5.29. The Kier molecular flexibility index (Phi) is 5.38. The van der Waals surface area contributed by atoms with E-state index in [0.29, 0.717) is 5.76 Å². The van der Waals surface area contributed by atoms with E-state index in [1.165, 1.54) is 59.3 Å². The number of anilines is 1. The van der Waals surface area contributed by atoms with Crippen molar-refractivity contribution in [3.05, 3.63) is 75.6 Å². The van der Waals surface area contributed by atoms with Crippen molar-refractivity contribution in [3.8, 4) is 0 Å². The smallest absolute Gasteiger partial charge is 0.291 e. The summed E-state index contributed by atoms with van der Waals surface area (Å²) in [5.74, 6) is 0.154. The van der Waals surface area contributed by atoms with Gasteiger partial charge in [0.1, 0.15) is 11.0 Å². The molecule has 0 aliphatic carbocycles. The summed E-state index contributed by atoms with van der Waals surface area (Å²) in [6, 6.07) is 12.5. The largest absolute Gasteiger partial charge is 0.459 e. The van der Waals surface area contributed by atoms with Crippen molar-refractivity contribution in [2.24, 2.45) is 0 Å². The molecule has 1 saturated heterocycles. The van der Waals surface area contributed by atoms with Gasteiger partial charge in [-0.15, -0.1) is 11.3 Å². The van der Waals surface area contributed by atoms with Gasteiger partial charge in [-0.25, -0.2) is 0 Å². The zero-order valence-electron chi connectivity index (χ0n) is 16.7. The Hall–Kier alpha value is -2.37. The minimum Gasteiger partial charge on any atom is -0.459 e. The van der Waals surface area contributed by atoms with Gasteiger partial charge >= 0.3 is 0 Å². The number of benzene rings is 1. The average Bonchev–Trinajstić information content (AvgIpc) is 3.43. The zero-order valence-corrected chi connectivity index (χ0v) is 17.5. The number of hydrogen-bond acceptors (Lipinski definition) is 3. The van der Waals surface area contributed by atoms with Gasteiger partial charge in [0.05, 0.1) is 24.9 Å². The van der Waals surface area contributed by atoms with E-state index in [4.69, 9.17) is 4.42 Å². The molecule has 2 N–H and O–H groups in total. The second kappa shape index (κ2) is 7.94. The van der Waals surface area contributed by atoms with E-state index in [1.54, 1.807) is 28.4 Å². The van der Waals surface area contributed by atoms with Crippen LogP contribution in [0.25, 0.3) is 0 Å². The first-order valence-corrected chi connectivity index (χ1v) is 10.7. The van der Waals surface area contributed by atoms with Crippen LogP contribution >= 0.6 is 11.3 Å². The number of nitrogens with one attached hydrogen (secondary N) is 2. The molecule has 1 atom stereocenters. The van der Waals surface area contributed by atoms with Crippen molar-refractivity contribution in [1.29, 1.82) is 0 Å². The van der Waals surface area contributed by atoms with E-state index in [-0.39, 0.29) is 11.9 Å². The first-order valence-electron chi connectivity index (χ1n) is 9.90. The van der Waals surface area contributed by atoms with Crippen molar-refractivity contribution >= 4 is 22.2 Å². The Morgan fingerprint density at radius 1 is 1.11 bits per heavy atom. The third kappa shape index (κ3) is 3.64. The van der Waals surface area contributed by atoms with Crippen LogP contribution in [0, 0.1) is 20.8 Å². The Balaban J connectivity index is 1.77. The van der Waals surface area contributed by atoms with E-state index in [9.17, 15) is 4.79 Å². The molecule has 4 nitrogen and oxygen atoms in total. The number of likely N-dealkylation sites (tertiary alicyclic amines) is 1. The summed E-state index contributed by atoms with van der Waals surface area (Å²) in [5, 5.41) is 4.08. The molecule has 2 aromatic heterocycles. The topological polar surface area (TPSA) is 46.7 Å². The molecule has 1 aromatic carbocycles. The molecule has 1 fully saturated rings. The lowest BCUT2D eigenvalue weighted by Crippen LogP contribution is -3.10. The number of quaternary nitrogens is 1. The van der Waals surface area contributed by atoms with Crippen LogP contribution in [0.5, 0.6) is 0 Å². The van der Waals surface area contributed by atoms with Gasteiger partial charge in [0.15, 0.2) is 5.76 Å². The highest BCUT2D eigenvalue weighted by molar-refractivity contribution is 7.16. The molecule has 1 aliphatic rings. The summed E-state index contributed by atoms with van der Waals surface area (Å²) >= 11 is 1.66. The molecule has 0 saturated carbocycles. The molecule has 4 rings (SSSR count). The number of carbonyl (C=O) groups excluding carboxylic acids is 1. The van der Waals surface area contributed by atoms with Gasteiger partial charge in [-0.1, -0.05) is 29.8 Å². The number of furan rings is 1. The first-order chi connectivity index (χ1) is 13.5. The fourth-order valence-corrected chi connectivity index (χ4v) is 5.23. The highest BCUT2D eigenvalue weighted by Gasteiger charge is 2.34. The van der Waals surface area contributed by atoms with Crippen molar-refractivity contribution in [1.82, 2.24) is 0 Å². The second-order valence-electron chi connectivity index (χ2n) is 7.67. The van der Waals surface area contributed by atoms with Crippen LogP contribution < -0.4 is 10.2 Å². The lowest BCUT2D eigenvalue weighted by atomic mass is 9.94. The predicted molar refractivity (Wildman–Crippen MR) is 113 cm³/mol. The molecular formula is C23H27N2O2S+. The number of hydrogen-bond donors (Lipinski definition) is 2. The maximum atomic E-state index is 12.7. The van der Waals surface area contributed by atoms with Gasteiger partial charge in [-0.3, -0.25) is 4.79 Å². The van der Waals surface area contributed by atoms with Gasteiger partial charge in [-0.05, 0) is 38.5 Å². The number of rotatable bonds is 5. The van der Waals surface area contributed by atoms with Gasteiger partial charge in [-0.2, -0.15) is 0 Å². The summed E-state index contributed by atoms with van der Waals surface area (Å²) in [5.41, 5.74) is 5.12. The second-order valence-corrected chi connectivity index (χ2v) is 8.89. The quantitative estimate of drug-likeness (QED) is 0.677. The summed E-state index contributed by atoms with van der Waals surface area (Å²) in [6.45, 7) is 8.77. The Labute approximate surface area is 170 Å². The van der Waals surface area contributed by atoms with Gasteiger partial charge < -0.3 is 14.6 Å². The van der Waals surface area contributed by atoms with Crippen molar-refractivity contribution < 1.29 is 14.1 Å². The predicted octanol–water partition coefficient (Wildman–Crippen LogP) is 4.29. The molecule has 0 unspecified atom stereocenters. The summed E-state index contributed by atoms with van der Waals surface area (Å²) in [6.07, 6.45) is 4.05. The minimum absolute atomic E-state index is 0.188. The van der Waals surface area contributed by atoms with Gasteiger partial charge in [0.2, 0.25) is 0 Å². The number of aryl methyl sites for hydroxylation is 2. The van der Waals surface area contributed by atoms with Crippen LogP contribution in [-0.2, 0) is 0 Å². The average molecular weight is 396 g/mol. The third-order valence-corrected chi connectivity index (χ3v) is 6.90. The molecule has 0 spiro atoms. The monoisotopic (exact) mass is 395 g/mol. The molecule has 3 heterocycles. The first kappa shape index (κ1) is 19.0. The van der Waals surface area contributed by atoms with Crippen LogP contribution in [0.2, 0.25) is 0 Å². The molecule has 28 heavy (non-hydrogen) atoms. The van der Waals surface area contributed by atoms with Crippen molar-refractivity contribution in [2.75, 3.05) is 18.4 Å². The maximum Gasteiger partial charge on any atom is 0.291 e. The standard InChI is InChI=1S/C23H26N2O2S/c1-15-8-10-18(11-9-15)21(25-12-4-5-13-25)20-16(2)17(3)28-23(20)24-22(26)19-7-6-14-27-19/h6-11,14,21H,4-5,12-13H2,1-3H3,(H,24,26)/p+1/t21-/m1/s1. The molecule has 3 aromatic rings. The Morgan fingerprint density at radius 3 is 2.46 bits per heavy atom. The van der Waals surface area contributed by atoms with Gasteiger partial charge in [0, 0.05) is 23.3 Å². The van der Waals surface area contributed by atoms with Crippen LogP contribution in [0.15, 0.2) is 47.1 Å². The number of amides is 1. The summed E-state index contributed by atoms with van der Waals surface area (Å²) in [4.78, 5) is 15.5. The minimum atomic E-state index is -0.188. The fourth-order valence-electron chi connectivity index (χ4n) is 4.14. The molecular weight excluding hydrogens is 368 g/mol. The fraction of sp³-hybridized carbons (Fsp3) is 0.348. The van der Waals surface area contributed by atoms with Gasteiger partial charge in [0.25, 0.3) is 5.91 Å². The Morgan fingerprint density at radius 2 is 1.82 bits per heavy atom. The highest BCUT2D eigenvalue weighted by atomic mass is 32.1. The normalized spacial score (nSPS) is 15.7. The van der Waals surface area contributed by atoms with Crippen molar-refractivity contribution in [3.63, 3.8) is 0 Å². The SMILES string of the molecule is Cc1ccc([C@H](c2c(NC(=O)c3ccco3)sc(C)c2C)[NH+]2CCCC2)cc1. The lowest BCUT2D eigenvalue weighted by Gasteiger charge is -2.26. The maximum absolute atomic E-state index is 12.7. The number of thiophene rings is 1. The van der Waals surface area contributed by atoms with Crippen molar-refractivity contribution in [2.45, 2.75) is 39.7 Å². The molecule has 1 amide bonds. The van der Waals surface area contributed by atoms with E-state index in [1.807, 2.05) is 0 Å². The van der Waals surface area contributed by atoms with Crippen LogP contribution in [0.4, 0.5) is 5.00 Å².